The second kappa shape index (κ2) is 10.3. The summed E-state index contributed by atoms with van der Waals surface area (Å²) >= 11 is 0. The van der Waals surface area contributed by atoms with Gasteiger partial charge in [0.05, 0.1) is 31.5 Å². The van der Waals surface area contributed by atoms with Crippen LogP contribution < -0.4 is 5.32 Å². The van der Waals surface area contributed by atoms with Crippen molar-refractivity contribution in [1.29, 1.82) is 0 Å². The Balaban J connectivity index is 1.55. The van der Waals surface area contributed by atoms with E-state index in [4.69, 9.17) is 9.52 Å². The average molecular weight is 467 g/mol. The van der Waals surface area contributed by atoms with Crippen molar-refractivity contribution in [2.45, 2.75) is 44.4 Å². The molecule has 0 aliphatic carbocycles. The SMILES string of the molecule is O=C(O)CC(Cc1cn(CCO)nn1)NC(=O)C1Cc2ccccc2CN1C(=O)c1ccco1. The number of fused-ring (bicyclic) bond motifs is 1. The van der Waals surface area contributed by atoms with Crippen LogP contribution in [0.3, 0.4) is 0 Å². The van der Waals surface area contributed by atoms with Gasteiger partial charge in [0.2, 0.25) is 5.91 Å². The van der Waals surface area contributed by atoms with Gasteiger partial charge < -0.3 is 24.8 Å². The minimum Gasteiger partial charge on any atom is -0.481 e. The predicted molar refractivity (Wildman–Crippen MR) is 118 cm³/mol. The minimum absolute atomic E-state index is 0.110. The van der Waals surface area contributed by atoms with Gasteiger partial charge in [-0.15, -0.1) is 5.10 Å². The van der Waals surface area contributed by atoms with E-state index in [1.54, 1.807) is 18.3 Å². The van der Waals surface area contributed by atoms with Gasteiger partial charge in [0.15, 0.2) is 5.76 Å². The van der Waals surface area contributed by atoms with E-state index in [0.717, 1.165) is 11.1 Å². The molecule has 34 heavy (non-hydrogen) atoms. The molecule has 0 radical (unpaired) electrons. The first-order valence-corrected chi connectivity index (χ1v) is 10.9. The van der Waals surface area contributed by atoms with Crippen molar-refractivity contribution in [3.8, 4) is 0 Å². The number of furan rings is 1. The van der Waals surface area contributed by atoms with Gasteiger partial charge in [-0.25, -0.2) is 4.68 Å². The number of nitrogens with zero attached hydrogens (tertiary/aromatic N) is 4. The minimum atomic E-state index is -1.08. The summed E-state index contributed by atoms with van der Waals surface area (Å²) in [7, 11) is 0. The molecule has 11 nitrogen and oxygen atoms in total. The number of hydrogen-bond donors (Lipinski definition) is 3. The second-order valence-electron chi connectivity index (χ2n) is 8.10. The topological polar surface area (TPSA) is 151 Å². The molecule has 0 bridgehead atoms. The monoisotopic (exact) mass is 467 g/mol. The number of carboxylic acid groups (broad SMARTS) is 1. The fraction of sp³-hybridized carbons (Fsp3) is 0.348. The zero-order valence-electron chi connectivity index (χ0n) is 18.3. The lowest BCUT2D eigenvalue weighted by Gasteiger charge is -2.36. The molecule has 2 unspecified atom stereocenters. The Bertz CT molecular complexity index is 1160. The third kappa shape index (κ3) is 5.31. The molecule has 0 fully saturated rings. The molecule has 4 rings (SSSR count). The Kier molecular flexibility index (Phi) is 7.02. The Morgan fingerprint density at radius 2 is 1.97 bits per heavy atom. The summed E-state index contributed by atoms with van der Waals surface area (Å²) in [6, 6.07) is 9.12. The number of hydrogen-bond acceptors (Lipinski definition) is 7. The average Bonchev–Trinajstić information content (AvgIpc) is 3.50. The first-order valence-electron chi connectivity index (χ1n) is 10.9. The van der Waals surface area contributed by atoms with E-state index >= 15 is 0 Å². The third-order valence-electron chi connectivity index (χ3n) is 5.68. The van der Waals surface area contributed by atoms with Crippen LogP contribution in [0.1, 0.15) is 33.8 Å². The number of amides is 2. The fourth-order valence-electron chi connectivity index (χ4n) is 4.09. The van der Waals surface area contributed by atoms with Crippen LogP contribution in [0.5, 0.6) is 0 Å². The molecule has 1 aliphatic rings. The van der Waals surface area contributed by atoms with Crippen LogP contribution in [0.15, 0.2) is 53.3 Å². The van der Waals surface area contributed by atoms with Gasteiger partial charge in [0.1, 0.15) is 6.04 Å². The lowest BCUT2D eigenvalue weighted by Crippen LogP contribution is -2.54. The molecule has 0 saturated heterocycles. The molecule has 3 aromatic rings. The maximum absolute atomic E-state index is 13.4. The number of aliphatic hydroxyl groups is 1. The summed E-state index contributed by atoms with van der Waals surface area (Å²) in [4.78, 5) is 39.4. The van der Waals surface area contributed by atoms with Gasteiger partial charge in [-0.2, -0.15) is 0 Å². The third-order valence-corrected chi connectivity index (χ3v) is 5.68. The number of nitrogens with one attached hydrogen (secondary N) is 1. The van der Waals surface area contributed by atoms with Crippen molar-refractivity contribution in [3.05, 3.63) is 71.4 Å². The van der Waals surface area contributed by atoms with E-state index < -0.39 is 29.9 Å². The van der Waals surface area contributed by atoms with Crippen molar-refractivity contribution in [2.75, 3.05) is 6.61 Å². The molecule has 3 heterocycles. The highest BCUT2D eigenvalue weighted by molar-refractivity contribution is 5.96. The molecule has 2 amide bonds. The van der Waals surface area contributed by atoms with Crippen molar-refractivity contribution in [2.24, 2.45) is 0 Å². The molecule has 178 valence electrons. The van der Waals surface area contributed by atoms with Crippen molar-refractivity contribution in [1.82, 2.24) is 25.2 Å². The summed E-state index contributed by atoms with van der Waals surface area (Å²) in [5, 5.41) is 29.1. The van der Waals surface area contributed by atoms with Crippen LogP contribution in [0, 0.1) is 0 Å². The first kappa shape index (κ1) is 23.2. The zero-order chi connectivity index (χ0) is 24.1. The summed E-state index contributed by atoms with van der Waals surface area (Å²) in [5.74, 6) is -1.82. The van der Waals surface area contributed by atoms with E-state index in [9.17, 15) is 19.5 Å². The van der Waals surface area contributed by atoms with E-state index in [-0.39, 0.29) is 38.3 Å². The molecule has 3 N–H and O–H groups in total. The molecule has 2 aromatic heterocycles. The Morgan fingerprint density at radius 3 is 2.68 bits per heavy atom. The normalized spacial score (nSPS) is 16.0. The van der Waals surface area contributed by atoms with Gasteiger partial charge in [-0.1, -0.05) is 29.5 Å². The van der Waals surface area contributed by atoms with Gasteiger partial charge in [-0.3, -0.25) is 14.4 Å². The summed E-state index contributed by atoms with van der Waals surface area (Å²) in [6.07, 6.45) is 3.10. The number of aliphatic carboxylic acids is 1. The van der Waals surface area contributed by atoms with Gasteiger partial charge >= 0.3 is 5.97 Å². The quantitative estimate of drug-likeness (QED) is 0.415. The van der Waals surface area contributed by atoms with Gasteiger partial charge in [0.25, 0.3) is 5.91 Å². The van der Waals surface area contributed by atoms with Gasteiger partial charge in [-0.05, 0) is 23.3 Å². The highest BCUT2D eigenvalue weighted by atomic mass is 16.4. The number of aromatic nitrogens is 3. The number of carbonyl (C=O) groups is 3. The molecule has 2 atom stereocenters. The molecule has 0 saturated carbocycles. The fourth-order valence-corrected chi connectivity index (χ4v) is 4.09. The van der Waals surface area contributed by atoms with Gasteiger partial charge in [0, 0.05) is 31.6 Å². The van der Waals surface area contributed by atoms with Crippen molar-refractivity contribution < 1.29 is 29.0 Å². The summed E-state index contributed by atoms with van der Waals surface area (Å²) < 4.78 is 6.70. The highest BCUT2D eigenvalue weighted by Gasteiger charge is 2.37. The zero-order valence-corrected chi connectivity index (χ0v) is 18.3. The second-order valence-corrected chi connectivity index (χ2v) is 8.10. The van der Waals surface area contributed by atoms with Crippen molar-refractivity contribution >= 4 is 17.8 Å². The Hall–Kier alpha value is -3.99. The Morgan fingerprint density at radius 1 is 1.18 bits per heavy atom. The molecular formula is C23H25N5O6. The van der Waals surface area contributed by atoms with Crippen LogP contribution in [0.2, 0.25) is 0 Å². The first-order chi connectivity index (χ1) is 16.4. The predicted octanol–water partition coefficient (Wildman–Crippen LogP) is 0.633. The van der Waals surface area contributed by atoms with Crippen LogP contribution in [0.25, 0.3) is 0 Å². The standard InChI is InChI=1S/C23H25N5O6/c29-8-7-27-14-18(25-26-27)11-17(12-21(30)31)24-22(32)19-10-15-4-1-2-5-16(15)13-28(19)23(33)20-6-3-9-34-20/h1-6,9,14,17,19,29H,7-8,10-13H2,(H,24,32)(H,30,31). The molecule has 1 aliphatic heterocycles. The molecule has 11 heteroatoms. The number of carbonyl (C=O) groups excluding carboxylic acids is 2. The summed E-state index contributed by atoms with van der Waals surface area (Å²) in [6.45, 7) is 0.377. The summed E-state index contributed by atoms with van der Waals surface area (Å²) in [5.41, 5.74) is 2.37. The highest BCUT2D eigenvalue weighted by Crippen LogP contribution is 2.25. The number of benzene rings is 1. The maximum atomic E-state index is 13.4. The van der Waals surface area contributed by atoms with Crippen LogP contribution in [-0.2, 0) is 35.5 Å². The van der Waals surface area contributed by atoms with Crippen molar-refractivity contribution in [3.63, 3.8) is 0 Å². The smallest absolute Gasteiger partial charge is 0.305 e. The molecular weight excluding hydrogens is 442 g/mol. The van der Waals surface area contributed by atoms with Crippen LogP contribution in [-0.4, -0.2) is 66.6 Å². The van der Waals surface area contributed by atoms with E-state index in [2.05, 4.69) is 15.6 Å². The van der Waals surface area contributed by atoms with E-state index in [1.807, 2.05) is 24.3 Å². The van der Waals surface area contributed by atoms with Crippen LogP contribution >= 0.6 is 0 Å². The Labute approximate surface area is 195 Å². The molecule has 1 aromatic carbocycles. The number of rotatable bonds is 9. The maximum Gasteiger partial charge on any atom is 0.305 e. The number of aliphatic hydroxyl groups excluding tert-OH is 1. The molecule has 0 spiro atoms. The van der Waals surface area contributed by atoms with E-state index in [1.165, 1.54) is 15.8 Å². The lowest BCUT2D eigenvalue weighted by molar-refractivity contribution is -0.138. The van der Waals surface area contributed by atoms with Crippen LogP contribution in [0.4, 0.5) is 0 Å². The lowest BCUT2D eigenvalue weighted by atomic mass is 9.92. The largest absolute Gasteiger partial charge is 0.481 e. The van der Waals surface area contributed by atoms with E-state index in [0.29, 0.717) is 12.1 Å². The number of carboxylic acids is 1.